The SMILES string of the molecule is CNCc1oc2ccccc2c1CN1CCS(=O)(=O)CC1. The second kappa shape index (κ2) is 5.79. The molecule has 1 fully saturated rings. The second-order valence-electron chi connectivity index (χ2n) is 5.46. The summed E-state index contributed by atoms with van der Waals surface area (Å²) in [5.74, 6) is 1.45. The Morgan fingerprint density at radius 1 is 1.24 bits per heavy atom. The summed E-state index contributed by atoms with van der Waals surface area (Å²) in [5.41, 5.74) is 2.06. The van der Waals surface area contributed by atoms with Crippen LogP contribution in [0.1, 0.15) is 11.3 Å². The Morgan fingerprint density at radius 3 is 2.67 bits per heavy atom. The minimum Gasteiger partial charge on any atom is -0.459 e. The monoisotopic (exact) mass is 308 g/mol. The predicted molar refractivity (Wildman–Crippen MR) is 82.9 cm³/mol. The molecule has 21 heavy (non-hydrogen) atoms. The number of fused-ring (bicyclic) bond motifs is 1. The van der Waals surface area contributed by atoms with E-state index in [9.17, 15) is 8.42 Å². The van der Waals surface area contributed by atoms with E-state index in [2.05, 4.69) is 16.3 Å². The molecule has 6 heteroatoms. The van der Waals surface area contributed by atoms with E-state index in [1.807, 2.05) is 25.2 Å². The van der Waals surface area contributed by atoms with E-state index < -0.39 is 9.84 Å². The zero-order valence-corrected chi connectivity index (χ0v) is 12.9. The summed E-state index contributed by atoms with van der Waals surface area (Å²) in [6.07, 6.45) is 0. The van der Waals surface area contributed by atoms with Gasteiger partial charge in [0.2, 0.25) is 0 Å². The number of nitrogens with zero attached hydrogens (tertiary/aromatic N) is 1. The Balaban J connectivity index is 1.87. The van der Waals surface area contributed by atoms with Crippen LogP contribution in [0.25, 0.3) is 11.0 Å². The fourth-order valence-corrected chi connectivity index (χ4v) is 4.03. The van der Waals surface area contributed by atoms with Gasteiger partial charge >= 0.3 is 0 Å². The van der Waals surface area contributed by atoms with Gasteiger partial charge in [-0.1, -0.05) is 18.2 Å². The molecule has 1 aromatic heterocycles. The van der Waals surface area contributed by atoms with E-state index >= 15 is 0 Å². The molecule has 0 atom stereocenters. The molecule has 1 saturated heterocycles. The van der Waals surface area contributed by atoms with Crippen molar-refractivity contribution in [3.63, 3.8) is 0 Å². The predicted octanol–water partition coefficient (Wildman–Crippen LogP) is 1.38. The third-order valence-corrected chi connectivity index (χ3v) is 5.55. The first kappa shape index (κ1) is 14.6. The molecule has 2 aromatic rings. The first-order valence-corrected chi connectivity index (χ1v) is 8.98. The number of hydrogen-bond acceptors (Lipinski definition) is 5. The van der Waals surface area contributed by atoms with Crippen LogP contribution in [0.15, 0.2) is 28.7 Å². The van der Waals surface area contributed by atoms with Gasteiger partial charge in [-0.3, -0.25) is 4.90 Å². The van der Waals surface area contributed by atoms with Crippen molar-refractivity contribution in [1.29, 1.82) is 0 Å². The zero-order chi connectivity index (χ0) is 14.9. The first-order valence-electron chi connectivity index (χ1n) is 7.16. The van der Waals surface area contributed by atoms with Crippen LogP contribution in [0.4, 0.5) is 0 Å². The fraction of sp³-hybridized carbons (Fsp3) is 0.467. The highest BCUT2D eigenvalue weighted by Crippen LogP contribution is 2.27. The van der Waals surface area contributed by atoms with Crippen LogP contribution in [-0.2, 0) is 22.9 Å². The highest BCUT2D eigenvalue weighted by molar-refractivity contribution is 7.91. The normalized spacial score (nSPS) is 19.1. The van der Waals surface area contributed by atoms with Crippen molar-refractivity contribution in [2.24, 2.45) is 0 Å². The lowest BCUT2D eigenvalue weighted by Gasteiger charge is -2.26. The van der Waals surface area contributed by atoms with Crippen LogP contribution < -0.4 is 5.32 Å². The highest BCUT2D eigenvalue weighted by Gasteiger charge is 2.23. The molecule has 0 amide bonds. The Kier molecular flexibility index (Phi) is 4.01. The third-order valence-electron chi connectivity index (χ3n) is 3.94. The largest absolute Gasteiger partial charge is 0.459 e. The van der Waals surface area contributed by atoms with Gasteiger partial charge in [0.15, 0.2) is 9.84 Å². The number of furan rings is 1. The number of sulfone groups is 1. The van der Waals surface area contributed by atoms with Gasteiger partial charge in [-0.2, -0.15) is 0 Å². The van der Waals surface area contributed by atoms with E-state index in [1.165, 1.54) is 5.56 Å². The standard InChI is InChI=1S/C15H20N2O3S/c1-16-10-15-13(12-4-2-3-5-14(12)20-15)11-17-6-8-21(18,19)9-7-17/h2-5,16H,6-11H2,1H3. The molecule has 1 aliphatic heterocycles. The zero-order valence-electron chi connectivity index (χ0n) is 12.1. The summed E-state index contributed by atoms with van der Waals surface area (Å²) < 4.78 is 29.0. The minimum atomic E-state index is -2.83. The number of para-hydroxylation sites is 1. The van der Waals surface area contributed by atoms with Gasteiger partial charge in [-0.15, -0.1) is 0 Å². The first-order chi connectivity index (χ1) is 10.1. The molecule has 0 bridgehead atoms. The van der Waals surface area contributed by atoms with Crippen molar-refractivity contribution < 1.29 is 12.8 Å². The second-order valence-corrected chi connectivity index (χ2v) is 7.76. The van der Waals surface area contributed by atoms with Crippen molar-refractivity contribution in [2.75, 3.05) is 31.6 Å². The van der Waals surface area contributed by atoms with Gasteiger partial charge in [0, 0.05) is 30.6 Å². The lowest BCUT2D eigenvalue weighted by atomic mass is 10.1. The summed E-state index contributed by atoms with van der Waals surface area (Å²) in [6, 6.07) is 8.00. The Labute approximate surface area is 124 Å². The van der Waals surface area contributed by atoms with E-state index in [0.717, 1.165) is 23.3 Å². The summed E-state index contributed by atoms with van der Waals surface area (Å²) >= 11 is 0. The van der Waals surface area contributed by atoms with Crippen LogP contribution in [0.2, 0.25) is 0 Å². The number of nitrogens with one attached hydrogen (secondary N) is 1. The van der Waals surface area contributed by atoms with Gasteiger partial charge in [-0.25, -0.2) is 8.42 Å². The number of hydrogen-bond donors (Lipinski definition) is 1. The summed E-state index contributed by atoms with van der Waals surface area (Å²) in [6.45, 7) is 2.61. The van der Waals surface area contributed by atoms with Crippen LogP contribution in [0.5, 0.6) is 0 Å². The maximum Gasteiger partial charge on any atom is 0.152 e. The van der Waals surface area contributed by atoms with Gasteiger partial charge in [-0.05, 0) is 13.1 Å². The van der Waals surface area contributed by atoms with E-state index in [-0.39, 0.29) is 11.5 Å². The molecule has 0 saturated carbocycles. The van der Waals surface area contributed by atoms with Crippen LogP contribution in [0, 0.1) is 0 Å². The van der Waals surface area contributed by atoms with Gasteiger partial charge in [0.25, 0.3) is 0 Å². The summed E-state index contributed by atoms with van der Waals surface area (Å²) in [5, 5.41) is 4.25. The molecule has 0 radical (unpaired) electrons. The lowest BCUT2D eigenvalue weighted by molar-refractivity contribution is 0.285. The Bertz CT molecular complexity index is 722. The Hall–Kier alpha value is -1.37. The molecule has 2 heterocycles. The smallest absolute Gasteiger partial charge is 0.152 e. The van der Waals surface area contributed by atoms with Crippen LogP contribution in [-0.4, -0.2) is 45.0 Å². The number of benzene rings is 1. The average Bonchev–Trinajstić information content (AvgIpc) is 2.80. The summed E-state index contributed by atoms with van der Waals surface area (Å²) in [4.78, 5) is 2.19. The van der Waals surface area contributed by atoms with Gasteiger partial charge in [0.1, 0.15) is 11.3 Å². The molecular weight excluding hydrogens is 288 g/mol. The van der Waals surface area contributed by atoms with E-state index in [0.29, 0.717) is 19.6 Å². The van der Waals surface area contributed by atoms with Crippen molar-refractivity contribution in [3.05, 3.63) is 35.6 Å². The van der Waals surface area contributed by atoms with Crippen LogP contribution >= 0.6 is 0 Å². The van der Waals surface area contributed by atoms with Crippen molar-refractivity contribution in [2.45, 2.75) is 13.1 Å². The molecule has 0 unspecified atom stereocenters. The Morgan fingerprint density at radius 2 is 1.95 bits per heavy atom. The maximum atomic E-state index is 11.5. The van der Waals surface area contributed by atoms with Crippen molar-refractivity contribution in [3.8, 4) is 0 Å². The fourth-order valence-electron chi connectivity index (χ4n) is 2.76. The van der Waals surface area contributed by atoms with E-state index in [4.69, 9.17) is 4.42 Å². The number of rotatable bonds is 4. The molecule has 5 nitrogen and oxygen atoms in total. The molecular formula is C15H20N2O3S. The third kappa shape index (κ3) is 3.12. The summed E-state index contributed by atoms with van der Waals surface area (Å²) in [7, 11) is -0.942. The molecule has 0 aliphatic carbocycles. The minimum absolute atomic E-state index is 0.254. The quantitative estimate of drug-likeness (QED) is 0.924. The topological polar surface area (TPSA) is 62.6 Å². The molecule has 114 valence electrons. The van der Waals surface area contributed by atoms with Gasteiger partial charge < -0.3 is 9.73 Å². The molecule has 1 aromatic carbocycles. The van der Waals surface area contributed by atoms with E-state index in [1.54, 1.807) is 0 Å². The maximum absolute atomic E-state index is 11.5. The molecule has 0 spiro atoms. The van der Waals surface area contributed by atoms with Gasteiger partial charge in [0.05, 0.1) is 18.1 Å². The van der Waals surface area contributed by atoms with Crippen LogP contribution in [0.3, 0.4) is 0 Å². The molecule has 1 N–H and O–H groups in total. The van der Waals surface area contributed by atoms with Crippen molar-refractivity contribution >= 4 is 20.8 Å². The highest BCUT2D eigenvalue weighted by atomic mass is 32.2. The average molecular weight is 308 g/mol. The van der Waals surface area contributed by atoms with Crippen molar-refractivity contribution in [1.82, 2.24) is 10.2 Å². The molecule has 1 aliphatic rings. The lowest BCUT2D eigenvalue weighted by Crippen LogP contribution is -2.39. The molecule has 3 rings (SSSR count).